The first-order valence-corrected chi connectivity index (χ1v) is 6.97. The summed E-state index contributed by atoms with van der Waals surface area (Å²) < 4.78 is 10.7. The van der Waals surface area contributed by atoms with Crippen molar-refractivity contribution < 1.29 is 14.3 Å². The van der Waals surface area contributed by atoms with Crippen molar-refractivity contribution >= 4 is 5.78 Å². The number of carbonyl (C=O) groups is 1. The number of methoxy groups -OCH3 is 1. The van der Waals surface area contributed by atoms with Crippen LogP contribution in [0.15, 0.2) is 24.3 Å². The smallest absolute Gasteiger partial charge is 0.137 e. The fourth-order valence-corrected chi connectivity index (χ4v) is 2.62. The van der Waals surface area contributed by atoms with Crippen LogP contribution in [-0.4, -0.2) is 25.6 Å². The number of hydrogen-bond donors (Lipinski definition) is 0. The monoisotopic (exact) mass is 262 g/mol. The zero-order valence-corrected chi connectivity index (χ0v) is 11.7. The highest BCUT2D eigenvalue weighted by Crippen LogP contribution is 2.33. The Morgan fingerprint density at radius 1 is 1.37 bits per heavy atom. The van der Waals surface area contributed by atoms with Crippen molar-refractivity contribution in [2.24, 2.45) is 5.92 Å². The van der Waals surface area contributed by atoms with E-state index < -0.39 is 0 Å². The normalized spacial score (nSPS) is 21.8. The summed E-state index contributed by atoms with van der Waals surface area (Å²) in [6.45, 7) is 2.79. The fraction of sp³-hybridized carbons (Fsp3) is 0.562. The number of benzene rings is 1. The maximum Gasteiger partial charge on any atom is 0.137 e. The first kappa shape index (κ1) is 14.1. The highest BCUT2D eigenvalue weighted by molar-refractivity contribution is 5.81. The third kappa shape index (κ3) is 4.06. The minimum atomic E-state index is 0.313. The van der Waals surface area contributed by atoms with E-state index in [0.29, 0.717) is 30.6 Å². The number of carbonyl (C=O) groups excluding carboxylic acids is 1. The molecule has 1 aliphatic carbocycles. The molecule has 0 saturated heterocycles. The Labute approximate surface area is 114 Å². The maximum absolute atomic E-state index is 12.0. The van der Waals surface area contributed by atoms with E-state index in [2.05, 4.69) is 0 Å². The summed E-state index contributed by atoms with van der Waals surface area (Å²) in [5.74, 6) is 1.65. The summed E-state index contributed by atoms with van der Waals surface area (Å²) in [5.41, 5.74) is 1.03. The van der Waals surface area contributed by atoms with Gasteiger partial charge in [-0.1, -0.05) is 12.1 Å². The molecule has 104 valence electrons. The molecule has 0 aliphatic heterocycles. The van der Waals surface area contributed by atoms with E-state index in [-0.39, 0.29) is 0 Å². The summed E-state index contributed by atoms with van der Waals surface area (Å²) in [6, 6.07) is 7.73. The number of ether oxygens (including phenoxy) is 2. The van der Waals surface area contributed by atoms with Crippen LogP contribution in [-0.2, 0) is 16.0 Å². The van der Waals surface area contributed by atoms with Gasteiger partial charge in [0, 0.05) is 19.4 Å². The first-order valence-electron chi connectivity index (χ1n) is 6.97. The molecule has 0 aromatic heterocycles. The Kier molecular flexibility index (Phi) is 4.97. The van der Waals surface area contributed by atoms with Crippen LogP contribution in [0.4, 0.5) is 0 Å². The van der Waals surface area contributed by atoms with Gasteiger partial charge < -0.3 is 9.47 Å². The predicted octanol–water partition coefficient (Wildman–Crippen LogP) is 3.01. The summed E-state index contributed by atoms with van der Waals surface area (Å²) >= 11 is 0. The van der Waals surface area contributed by atoms with Crippen molar-refractivity contribution in [2.75, 3.05) is 13.7 Å². The van der Waals surface area contributed by atoms with E-state index in [9.17, 15) is 4.79 Å². The third-order valence-electron chi connectivity index (χ3n) is 3.65. The molecule has 0 spiro atoms. The van der Waals surface area contributed by atoms with Crippen molar-refractivity contribution in [3.8, 4) is 5.75 Å². The molecule has 0 unspecified atom stereocenters. The molecule has 1 aliphatic rings. The van der Waals surface area contributed by atoms with Crippen LogP contribution in [0.25, 0.3) is 0 Å². The second-order valence-electron chi connectivity index (χ2n) is 5.19. The van der Waals surface area contributed by atoms with E-state index >= 15 is 0 Å². The molecule has 0 N–H and O–H groups in total. The van der Waals surface area contributed by atoms with Gasteiger partial charge in [-0.05, 0) is 43.4 Å². The number of ketones is 1. The van der Waals surface area contributed by atoms with E-state index in [1.807, 2.05) is 31.2 Å². The summed E-state index contributed by atoms with van der Waals surface area (Å²) in [6.07, 6.45) is 3.66. The first-order chi connectivity index (χ1) is 9.21. The predicted molar refractivity (Wildman–Crippen MR) is 74.5 cm³/mol. The van der Waals surface area contributed by atoms with Crippen LogP contribution in [0.2, 0.25) is 0 Å². The topological polar surface area (TPSA) is 35.5 Å². The van der Waals surface area contributed by atoms with Crippen LogP contribution < -0.4 is 4.74 Å². The molecule has 19 heavy (non-hydrogen) atoms. The third-order valence-corrected chi connectivity index (χ3v) is 3.65. The fourth-order valence-electron chi connectivity index (χ4n) is 2.62. The molecule has 0 atom stereocenters. The molecule has 0 bridgehead atoms. The van der Waals surface area contributed by atoms with Gasteiger partial charge in [0.05, 0.1) is 13.2 Å². The molecular formula is C16H22O3. The van der Waals surface area contributed by atoms with Gasteiger partial charge >= 0.3 is 0 Å². The van der Waals surface area contributed by atoms with Crippen LogP contribution in [0.5, 0.6) is 5.75 Å². The zero-order chi connectivity index (χ0) is 13.7. The van der Waals surface area contributed by atoms with Gasteiger partial charge in [0.2, 0.25) is 0 Å². The second-order valence-corrected chi connectivity index (χ2v) is 5.19. The molecule has 0 amide bonds. The lowest BCUT2D eigenvalue weighted by atomic mass is 9.78. The van der Waals surface area contributed by atoms with Crippen LogP contribution >= 0.6 is 0 Å². The highest BCUT2D eigenvalue weighted by atomic mass is 16.5. The molecule has 3 nitrogen and oxygen atoms in total. The van der Waals surface area contributed by atoms with E-state index in [1.165, 1.54) is 0 Å². The molecule has 0 radical (unpaired) electrons. The molecule has 1 saturated carbocycles. The lowest BCUT2D eigenvalue weighted by Crippen LogP contribution is -2.33. The molecule has 1 aromatic carbocycles. The van der Waals surface area contributed by atoms with Crippen molar-refractivity contribution in [1.82, 2.24) is 0 Å². The average Bonchev–Trinajstić information content (AvgIpc) is 2.36. The lowest BCUT2D eigenvalue weighted by molar-refractivity contribution is -0.121. The van der Waals surface area contributed by atoms with Crippen LogP contribution in [0.1, 0.15) is 31.7 Å². The van der Waals surface area contributed by atoms with Crippen LogP contribution in [0.3, 0.4) is 0 Å². The van der Waals surface area contributed by atoms with E-state index in [0.717, 1.165) is 30.8 Å². The zero-order valence-electron chi connectivity index (χ0n) is 11.7. The van der Waals surface area contributed by atoms with Gasteiger partial charge in [-0.2, -0.15) is 0 Å². The van der Waals surface area contributed by atoms with Gasteiger partial charge in [0.25, 0.3) is 0 Å². The van der Waals surface area contributed by atoms with Gasteiger partial charge in [-0.25, -0.2) is 0 Å². The Hall–Kier alpha value is -1.35. The van der Waals surface area contributed by atoms with Crippen molar-refractivity contribution in [1.29, 1.82) is 0 Å². The number of hydrogen-bond acceptors (Lipinski definition) is 3. The SMILES string of the molecule is CCOC1CC(CC(=O)Cc2cccc(OC)c2)C1. The Balaban J connectivity index is 1.75. The molecule has 1 aromatic rings. The number of rotatable bonds is 7. The largest absolute Gasteiger partial charge is 0.497 e. The van der Waals surface area contributed by atoms with Gasteiger partial charge in [-0.3, -0.25) is 4.79 Å². The Morgan fingerprint density at radius 3 is 2.84 bits per heavy atom. The van der Waals surface area contributed by atoms with Gasteiger partial charge in [-0.15, -0.1) is 0 Å². The molecule has 1 fully saturated rings. The second kappa shape index (κ2) is 6.71. The average molecular weight is 262 g/mol. The van der Waals surface area contributed by atoms with Gasteiger partial charge in [0.15, 0.2) is 0 Å². The summed E-state index contributed by atoms with van der Waals surface area (Å²) in [5, 5.41) is 0. The highest BCUT2D eigenvalue weighted by Gasteiger charge is 2.30. The Bertz CT molecular complexity index is 422. The van der Waals surface area contributed by atoms with Crippen molar-refractivity contribution in [3.63, 3.8) is 0 Å². The van der Waals surface area contributed by atoms with E-state index in [1.54, 1.807) is 7.11 Å². The minimum absolute atomic E-state index is 0.313. The molecule has 2 rings (SSSR count). The maximum atomic E-state index is 12.0. The molecular weight excluding hydrogens is 240 g/mol. The minimum Gasteiger partial charge on any atom is -0.497 e. The van der Waals surface area contributed by atoms with Crippen molar-refractivity contribution in [2.45, 2.75) is 38.7 Å². The van der Waals surface area contributed by atoms with Crippen molar-refractivity contribution in [3.05, 3.63) is 29.8 Å². The lowest BCUT2D eigenvalue weighted by Gasteiger charge is -2.34. The Morgan fingerprint density at radius 2 is 2.16 bits per heavy atom. The standard InChI is InChI=1S/C16H22O3/c1-3-19-16-10-13(11-16)8-14(17)7-12-5-4-6-15(9-12)18-2/h4-6,9,13,16H,3,7-8,10-11H2,1-2H3. The van der Waals surface area contributed by atoms with Crippen LogP contribution in [0, 0.1) is 5.92 Å². The molecule has 0 heterocycles. The summed E-state index contributed by atoms with van der Waals surface area (Å²) in [7, 11) is 1.64. The summed E-state index contributed by atoms with van der Waals surface area (Å²) in [4.78, 5) is 12.0. The molecule has 3 heteroatoms. The quantitative estimate of drug-likeness (QED) is 0.757. The van der Waals surface area contributed by atoms with E-state index in [4.69, 9.17) is 9.47 Å². The number of Topliss-reactive ketones (excluding diaryl/α,β-unsaturated/α-hetero) is 1. The van der Waals surface area contributed by atoms with Gasteiger partial charge in [0.1, 0.15) is 11.5 Å².